The number of nitrogens with zero attached hydrogens (tertiary/aromatic N) is 1. The van der Waals surface area contributed by atoms with E-state index in [-0.39, 0.29) is 17.9 Å². The van der Waals surface area contributed by atoms with Crippen molar-refractivity contribution in [3.8, 4) is 11.5 Å². The summed E-state index contributed by atoms with van der Waals surface area (Å²) in [7, 11) is 0. The highest BCUT2D eigenvalue weighted by atomic mass is 16.6. The highest BCUT2D eigenvalue weighted by Crippen LogP contribution is 2.40. The maximum absolute atomic E-state index is 13.4. The van der Waals surface area contributed by atoms with Gasteiger partial charge in [-0.2, -0.15) is 0 Å². The molecule has 0 aromatic heterocycles. The monoisotopic (exact) mass is 420 g/mol. The van der Waals surface area contributed by atoms with Crippen LogP contribution in [0.15, 0.2) is 48.5 Å². The SMILES string of the molecule is O=C(NCc1ccc2c(c1)OCCO2)C1CC2CCCCC2N1C(=O)c1ccccc1. The summed E-state index contributed by atoms with van der Waals surface area (Å²) in [5.74, 6) is 1.75. The molecule has 5 rings (SSSR count). The summed E-state index contributed by atoms with van der Waals surface area (Å²) >= 11 is 0. The Morgan fingerprint density at radius 3 is 2.58 bits per heavy atom. The highest BCUT2D eigenvalue weighted by Gasteiger charge is 2.47. The first-order valence-corrected chi connectivity index (χ1v) is 11.2. The number of hydrogen-bond donors (Lipinski definition) is 1. The Labute approximate surface area is 182 Å². The second-order valence-electron chi connectivity index (χ2n) is 8.64. The minimum atomic E-state index is -0.419. The van der Waals surface area contributed by atoms with E-state index in [0.717, 1.165) is 37.0 Å². The van der Waals surface area contributed by atoms with E-state index in [1.54, 1.807) is 0 Å². The van der Waals surface area contributed by atoms with Gasteiger partial charge in [-0.15, -0.1) is 0 Å². The van der Waals surface area contributed by atoms with Crippen LogP contribution in [0, 0.1) is 5.92 Å². The number of fused-ring (bicyclic) bond motifs is 2. The zero-order valence-electron chi connectivity index (χ0n) is 17.6. The largest absolute Gasteiger partial charge is 0.486 e. The molecule has 2 amide bonds. The van der Waals surface area contributed by atoms with Crippen LogP contribution in [0.2, 0.25) is 0 Å². The average molecular weight is 421 g/mol. The second-order valence-corrected chi connectivity index (χ2v) is 8.64. The fourth-order valence-corrected chi connectivity index (χ4v) is 5.22. The van der Waals surface area contributed by atoms with Crippen molar-refractivity contribution in [3.63, 3.8) is 0 Å². The number of benzene rings is 2. The molecule has 1 N–H and O–H groups in total. The zero-order chi connectivity index (χ0) is 21.2. The van der Waals surface area contributed by atoms with E-state index in [2.05, 4.69) is 5.32 Å². The first-order chi connectivity index (χ1) is 15.2. The lowest BCUT2D eigenvalue weighted by Gasteiger charge is -2.33. The van der Waals surface area contributed by atoms with Gasteiger partial charge in [0.1, 0.15) is 19.3 Å². The maximum atomic E-state index is 13.4. The van der Waals surface area contributed by atoms with Gasteiger partial charge in [0.2, 0.25) is 5.91 Å². The molecule has 2 heterocycles. The Bertz CT molecular complexity index is 961. The summed E-state index contributed by atoms with van der Waals surface area (Å²) in [5.41, 5.74) is 1.60. The molecule has 0 bridgehead atoms. The lowest BCUT2D eigenvalue weighted by atomic mass is 9.84. The van der Waals surface area contributed by atoms with E-state index in [1.165, 1.54) is 6.42 Å². The van der Waals surface area contributed by atoms with Gasteiger partial charge < -0.3 is 19.7 Å². The van der Waals surface area contributed by atoms with E-state index in [4.69, 9.17) is 9.47 Å². The predicted octanol–water partition coefficient (Wildman–Crippen LogP) is 3.55. The van der Waals surface area contributed by atoms with Gasteiger partial charge >= 0.3 is 0 Å². The Balaban J connectivity index is 1.32. The molecule has 1 saturated carbocycles. The number of hydrogen-bond acceptors (Lipinski definition) is 4. The van der Waals surface area contributed by atoms with Crippen LogP contribution in [0.3, 0.4) is 0 Å². The van der Waals surface area contributed by atoms with Crippen molar-refractivity contribution in [3.05, 3.63) is 59.7 Å². The lowest BCUT2D eigenvalue weighted by molar-refractivity contribution is -0.125. The van der Waals surface area contributed by atoms with Crippen molar-refractivity contribution in [1.82, 2.24) is 10.2 Å². The average Bonchev–Trinajstić information content (AvgIpc) is 3.22. The van der Waals surface area contributed by atoms with Crippen molar-refractivity contribution in [2.24, 2.45) is 5.92 Å². The van der Waals surface area contributed by atoms with Crippen molar-refractivity contribution in [2.45, 2.75) is 50.7 Å². The normalized spacial score (nSPS) is 24.4. The van der Waals surface area contributed by atoms with Crippen LogP contribution in [-0.2, 0) is 11.3 Å². The fourth-order valence-electron chi connectivity index (χ4n) is 5.22. The zero-order valence-corrected chi connectivity index (χ0v) is 17.6. The molecule has 6 heteroatoms. The summed E-state index contributed by atoms with van der Waals surface area (Å²) < 4.78 is 11.2. The van der Waals surface area contributed by atoms with E-state index in [1.807, 2.05) is 53.4 Å². The molecule has 1 aliphatic carbocycles. The molecular formula is C25H28N2O4. The number of amides is 2. The van der Waals surface area contributed by atoms with Crippen molar-refractivity contribution >= 4 is 11.8 Å². The van der Waals surface area contributed by atoms with E-state index >= 15 is 0 Å². The van der Waals surface area contributed by atoms with Gasteiger partial charge in [-0.1, -0.05) is 37.1 Å². The van der Waals surface area contributed by atoms with Crippen LogP contribution >= 0.6 is 0 Å². The summed E-state index contributed by atoms with van der Waals surface area (Å²) in [6, 6.07) is 14.8. The molecule has 2 fully saturated rings. The van der Waals surface area contributed by atoms with Crippen LogP contribution < -0.4 is 14.8 Å². The van der Waals surface area contributed by atoms with Crippen molar-refractivity contribution in [2.75, 3.05) is 13.2 Å². The van der Waals surface area contributed by atoms with Crippen molar-refractivity contribution < 1.29 is 19.1 Å². The van der Waals surface area contributed by atoms with E-state index in [0.29, 0.717) is 37.0 Å². The van der Waals surface area contributed by atoms with E-state index < -0.39 is 6.04 Å². The topological polar surface area (TPSA) is 67.9 Å². The van der Waals surface area contributed by atoms with Crippen molar-refractivity contribution in [1.29, 1.82) is 0 Å². The molecule has 3 unspecified atom stereocenters. The number of carbonyl (C=O) groups is 2. The molecule has 0 spiro atoms. The van der Waals surface area contributed by atoms with Gasteiger partial charge in [0.15, 0.2) is 11.5 Å². The van der Waals surface area contributed by atoms with Gasteiger partial charge in [0.25, 0.3) is 5.91 Å². The molecule has 2 aromatic carbocycles. The van der Waals surface area contributed by atoms with Crippen LogP contribution in [0.25, 0.3) is 0 Å². The molecule has 6 nitrogen and oxygen atoms in total. The maximum Gasteiger partial charge on any atom is 0.254 e. The third-order valence-electron chi connectivity index (χ3n) is 6.72. The van der Waals surface area contributed by atoms with Gasteiger partial charge in [0.05, 0.1) is 0 Å². The Hall–Kier alpha value is -3.02. The smallest absolute Gasteiger partial charge is 0.254 e. The predicted molar refractivity (Wildman–Crippen MR) is 116 cm³/mol. The van der Waals surface area contributed by atoms with Crippen LogP contribution in [0.5, 0.6) is 11.5 Å². The molecule has 0 radical (unpaired) electrons. The Kier molecular flexibility index (Phi) is 5.53. The standard InChI is InChI=1S/C25H28N2O4/c28-24(26-16-17-10-11-22-23(14-17)31-13-12-30-22)21-15-19-8-4-5-9-20(19)27(21)25(29)18-6-2-1-3-7-18/h1-3,6-7,10-11,14,19-21H,4-5,8-9,12-13,15-16H2,(H,26,28). The third kappa shape index (κ3) is 3.99. The lowest BCUT2D eigenvalue weighted by Crippen LogP contribution is -2.49. The first kappa shape index (κ1) is 19.9. The number of ether oxygens (including phenoxy) is 2. The molecular weight excluding hydrogens is 392 g/mol. The molecule has 31 heavy (non-hydrogen) atoms. The van der Waals surface area contributed by atoms with Gasteiger partial charge in [-0.3, -0.25) is 9.59 Å². The Morgan fingerprint density at radius 2 is 1.74 bits per heavy atom. The molecule has 2 aliphatic heterocycles. The second kappa shape index (κ2) is 8.61. The number of likely N-dealkylation sites (tertiary alicyclic amines) is 1. The van der Waals surface area contributed by atoms with Crippen LogP contribution in [0.1, 0.15) is 48.0 Å². The summed E-state index contributed by atoms with van der Waals surface area (Å²) in [6.07, 6.45) is 5.12. The quantitative estimate of drug-likeness (QED) is 0.822. The number of nitrogens with one attached hydrogen (secondary N) is 1. The van der Waals surface area contributed by atoms with Gasteiger partial charge in [0, 0.05) is 18.2 Å². The minimum absolute atomic E-state index is 0.0329. The third-order valence-corrected chi connectivity index (χ3v) is 6.72. The van der Waals surface area contributed by atoms with E-state index in [9.17, 15) is 9.59 Å². The minimum Gasteiger partial charge on any atom is -0.486 e. The van der Waals surface area contributed by atoms with Crippen LogP contribution in [-0.4, -0.2) is 42.0 Å². The molecule has 162 valence electrons. The molecule has 1 saturated heterocycles. The molecule has 3 atom stereocenters. The highest BCUT2D eigenvalue weighted by molar-refractivity contribution is 5.98. The Morgan fingerprint density at radius 1 is 0.968 bits per heavy atom. The number of rotatable bonds is 4. The summed E-state index contributed by atoms with van der Waals surface area (Å²) in [4.78, 5) is 28.5. The fraction of sp³-hybridized carbons (Fsp3) is 0.440. The summed E-state index contributed by atoms with van der Waals surface area (Å²) in [5, 5.41) is 3.06. The molecule has 2 aromatic rings. The number of carbonyl (C=O) groups excluding carboxylic acids is 2. The summed E-state index contributed by atoms with van der Waals surface area (Å²) in [6.45, 7) is 1.48. The van der Waals surface area contributed by atoms with Gasteiger partial charge in [-0.25, -0.2) is 0 Å². The first-order valence-electron chi connectivity index (χ1n) is 11.2. The van der Waals surface area contributed by atoms with Gasteiger partial charge in [-0.05, 0) is 55.0 Å². The molecule has 3 aliphatic rings. The van der Waals surface area contributed by atoms with Crippen LogP contribution in [0.4, 0.5) is 0 Å².